The first-order valence-electron chi connectivity index (χ1n) is 9.07. The van der Waals surface area contributed by atoms with Crippen LogP contribution in [0.5, 0.6) is 5.75 Å². The van der Waals surface area contributed by atoms with Crippen LogP contribution in [0, 0.1) is 0 Å². The van der Waals surface area contributed by atoms with Gasteiger partial charge in [-0.2, -0.15) is 0 Å². The van der Waals surface area contributed by atoms with E-state index in [1.807, 2.05) is 0 Å². The van der Waals surface area contributed by atoms with Crippen molar-refractivity contribution in [3.8, 4) is 16.9 Å². The minimum atomic E-state index is -0.674. The molecule has 7 nitrogen and oxygen atoms in total. The summed E-state index contributed by atoms with van der Waals surface area (Å²) < 4.78 is 6.94. The smallest absolute Gasteiger partial charge is 0.343 e. The van der Waals surface area contributed by atoms with Gasteiger partial charge in [0.05, 0.1) is 16.5 Å². The standard InChI is InChI=1S/C23H17N3O4/c24-21(27)15-11-9-14(10-12-15)17-13-26(23(25)29)18-7-4-8-19(20(17)18)30-22(28)16-5-2-1-3-6-16/h1-13H,(H2,24,27)(H2,25,29). The lowest BCUT2D eigenvalue weighted by Gasteiger charge is -2.08. The van der Waals surface area contributed by atoms with E-state index in [1.165, 1.54) is 4.57 Å². The Kier molecular flexibility index (Phi) is 4.77. The van der Waals surface area contributed by atoms with Gasteiger partial charge in [0.2, 0.25) is 5.91 Å². The molecule has 0 unspecified atom stereocenters. The number of nitrogens with zero attached hydrogens (tertiary/aromatic N) is 1. The fourth-order valence-corrected chi connectivity index (χ4v) is 3.29. The first-order valence-corrected chi connectivity index (χ1v) is 9.07. The number of benzene rings is 3. The van der Waals surface area contributed by atoms with Crippen molar-refractivity contribution in [2.75, 3.05) is 0 Å². The van der Waals surface area contributed by atoms with E-state index in [2.05, 4.69) is 0 Å². The molecule has 2 amide bonds. The number of hydrogen-bond acceptors (Lipinski definition) is 4. The van der Waals surface area contributed by atoms with Crippen LogP contribution in [0.3, 0.4) is 0 Å². The summed E-state index contributed by atoms with van der Waals surface area (Å²) in [5.74, 6) is -0.779. The van der Waals surface area contributed by atoms with Crippen molar-refractivity contribution in [1.82, 2.24) is 4.57 Å². The van der Waals surface area contributed by atoms with E-state index in [0.717, 1.165) is 0 Å². The molecule has 0 aliphatic carbocycles. The SMILES string of the molecule is NC(=O)c1ccc(-c2cn(C(N)=O)c3cccc(OC(=O)c4ccccc4)c23)cc1. The van der Waals surface area contributed by atoms with E-state index in [9.17, 15) is 14.4 Å². The summed E-state index contributed by atoms with van der Waals surface area (Å²) in [6.07, 6.45) is 1.58. The summed E-state index contributed by atoms with van der Waals surface area (Å²) in [4.78, 5) is 35.9. The summed E-state index contributed by atoms with van der Waals surface area (Å²) in [7, 11) is 0. The van der Waals surface area contributed by atoms with Crippen molar-refractivity contribution in [2.24, 2.45) is 11.5 Å². The van der Waals surface area contributed by atoms with Gasteiger partial charge in [-0.1, -0.05) is 36.4 Å². The molecule has 0 aliphatic heterocycles. The number of aromatic nitrogens is 1. The number of fused-ring (bicyclic) bond motifs is 1. The van der Waals surface area contributed by atoms with Gasteiger partial charge in [-0.3, -0.25) is 9.36 Å². The van der Waals surface area contributed by atoms with Crippen molar-refractivity contribution in [3.05, 3.63) is 90.1 Å². The molecular weight excluding hydrogens is 382 g/mol. The van der Waals surface area contributed by atoms with E-state index in [0.29, 0.717) is 33.2 Å². The first kappa shape index (κ1) is 18.9. The van der Waals surface area contributed by atoms with Crippen LogP contribution >= 0.6 is 0 Å². The highest BCUT2D eigenvalue weighted by Gasteiger charge is 2.19. The van der Waals surface area contributed by atoms with E-state index in [1.54, 1.807) is 79.0 Å². The Hall–Kier alpha value is -4.39. The van der Waals surface area contributed by atoms with Gasteiger partial charge in [0.15, 0.2) is 0 Å². The number of hydrogen-bond donors (Lipinski definition) is 2. The molecule has 0 saturated heterocycles. The highest BCUT2D eigenvalue weighted by molar-refractivity contribution is 6.06. The molecule has 148 valence electrons. The number of esters is 1. The number of carbonyl (C=O) groups is 3. The molecule has 30 heavy (non-hydrogen) atoms. The number of primary amides is 2. The van der Waals surface area contributed by atoms with Crippen molar-refractivity contribution in [1.29, 1.82) is 0 Å². The number of amides is 2. The van der Waals surface area contributed by atoms with Crippen LogP contribution in [-0.4, -0.2) is 22.5 Å². The Bertz CT molecular complexity index is 1280. The predicted molar refractivity (Wildman–Crippen MR) is 112 cm³/mol. The highest BCUT2D eigenvalue weighted by atomic mass is 16.5. The third kappa shape index (κ3) is 3.40. The summed E-state index contributed by atoms with van der Waals surface area (Å²) in [6, 6.07) is 19.5. The Morgan fingerprint density at radius 2 is 1.47 bits per heavy atom. The van der Waals surface area contributed by atoms with E-state index in [-0.39, 0.29) is 5.75 Å². The second-order valence-electron chi connectivity index (χ2n) is 6.60. The average molecular weight is 399 g/mol. The maximum atomic E-state index is 12.6. The van der Waals surface area contributed by atoms with Gasteiger partial charge >= 0.3 is 12.0 Å². The number of rotatable bonds is 4. The normalized spacial score (nSPS) is 10.7. The molecular formula is C23H17N3O4. The largest absolute Gasteiger partial charge is 0.422 e. The van der Waals surface area contributed by atoms with Crippen molar-refractivity contribution < 1.29 is 19.1 Å². The van der Waals surface area contributed by atoms with Gasteiger partial charge in [0.25, 0.3) is 0 Å². The molecule has 1 aromatic heterocycles. The molecule has 3 aromatic carbocycles. The summed E-state index contributed by atoms with van der Waals surface area (Å²) in [5, 5.41) is 0.549. The lowest BCUT2D eigenvalue weighted by Crippen LogP contribution is -2.18. The second kappa shape index (κ2) is 7.56. The predicted octanol–water partition coefficient (Wildman–Crippen LogP) is 3.55. The molecule has 7 heteroatoms. The molecule has 0 radical (unpaired) electrons. The molecule has 0 spiro atoms. The van der Waals surface area contributed by atoms with Crippen molar-refractivity contribution in [2.45, 2.75) is 0 Å². The fourth-order valence-electron chi connectivity index (χ4n) is 3.29. The van der Waals surface area contributed by atoms with E-state index in [4.69, 9.17) is 16.2 Å². The lowest BCUT2D eigenvalue weighted by atomic mass is 10.0. The summed E-state index contributed by atoms with van der Waals surface area (Å²) >= 11 is 0. The number of carbonyl (C=O) groups excluding carboxylic acids is 3. The first-order chi connectivity index (χ1) is 14.5. The molecule has 4 aromatic rings. The second-order valence-corrected chi connectivity index (χ2v) is 6.60. The van der Waals surface area contributed by atoms with Crippen LogP contribution in [0.4, 0.5) is 4.79 Å². The van der Waals surface area contributed by atoms with Crippen LogP contribution in [-0.2, 0) is 0 Å². The van der Waals surface area contributed by atoms with Crippen molar-refractivity contribution in [3.63, 3.8) is 0 Å². The van der Waals surface area contributed by atoms with Crippen LogP contribution < -0.4 is 16.2 Å². The minimum absolute atomic E-state index is 0.287. The third-order valence-corrected chi connectivity index (χ3v) is 4.72. The third-order valence-electron chi connectivity index (χ3n) is 4.72. The maximum Gasteiger partial charge on any atom is 0.343 e. The Labute approximate surface area is 171 Å². The Morgan fingerprint density at radius 3 is 2.10 bits per heavy atom. The van der Waals surface area contributed by atoms with Gasteiger partial charge in [-0.25, -0.2) is 9.59 Å². The molecule has 0 saturated carbocycles. The van der Waals surface area contributed by atoms with Gasteiger partial charge in [-0.05, 0) is 42.0 Å². The van der Waals surface area contributed by atoms with Gasteiger partial charge < -0.3 is 16.2 Å². The van der Waals surface area contributed by atoms with Crippen LogP contribution in [0.1, 0.15) is 20.7 Å². The molecule has 0 aliphatic rings. The Balaban J connectivity index is 1.86. The molecule has 4 rings (SSSR count). The zero-order valence-corrected chi connectivity index (χ0v) is 15.7. The number of ether oxygens (including phenoxy) is 1. The summed E-state index contributed by atoms with van der Waals surface area (Å²) in [6.45, 7) is 0. The van der Waals surface area contributed by atoms with Crippen LogP contribution in [0.15, 0.2) is 79.0 Å². The molecule has 0 bridgehead atoms. The zero-order valence-electron chi connectivity index (χ0n) is 15.7. The van der Waals surface area contributed by atoms with Crippen LogP contribution in [0.25, 0.3) is 22.0 Å². The average Bonchev–Trinajstić information content (AvgIpc) is 3.15. The zero-order chi connectivity index (χ0) is 21.3. The lowest BCUT2D eigenvalue weighted by molar-refractivity contribution is 0.0737. The van der Waals surface area contributed by atoms with Gasteiger partial charge in [0.1, 0.15) is 5.75 Å². The van der Waals surface area contributed by atoms with E-state index >= 15 is 0 Å². The fraction of sp³-hybridized carbons (Fsp3) is 0. The van der Waals surface area contributed by atoms with Crippen LogP contribution in [0.2, 0.25) is 0 Å². The monoisotopic (exact) mass is 399 g/mol. The molecule has 4 N–H and O–H groups in total. The topological polar surface area (TPSA) is 117 Å². The van der Waals surface area contributed by atoms with Crippen molar-refractivity contribution >= 4 is 28.8 Å². The number of nitrogens with two attached hydrogens (primary N) is 2. The summed E-state index contributed by atoms with van der Waals surface area (Å²) in [5.41, 5.74) is 13.4. The molecule has 1 heterocycles. The molecule has 0 atom stereocenters. The molecule has 0 fully saturated rings. The maximum absolute atomic E-state index is 12.6. The van der Waals surface area contributed by atoms with Gasteiger partial charge in [-0.15, -0.1) is 0 Å². The quantitative estimate of drug-likeness (QED) is 0.403. The van der Waals surface area contributed by atoms with Gasteiger partial charge in [0, 0.05) is 17.3 Å². The highest BCUT2D eigenvalue weighted by Crippen LogP contribution is 2.37. The Morgan fingerprint density at radius 1 is 0.767 bits per heavy atom. The minimum Gasteiger partial charge on any atom is -0.422 e. The van der Waals surface area contributed by atoms with E-state index < -0.39 is 17.9 Å².